The highest BCUT2D eigenvalue weighted by Gasteiger charge is 2.18. The van der Waals surface area contributed by atoms with Crippen molar-refractivity contribution in [2.75, 3.05) is 23.3 Å². The van der Waals surface area contributed by atoms with Crippen molar-refractivity contribution in [2.45, 2.75) is 6.54 Å². The van der Waals surface area contributed by atoms with E-state index in [0.29, 0.717) is 5.56 Å². The van der Waals surface area contributed by atoms with E-state index >= 15 is 0 Å². The Labute approximate surface area is 143 Å². The maximum absolute atomic E-state index is 12.1. The van der Waals surface area contributed by atoms with E-state index in [1.165, 1.54) is 18.0 Å². The van der Waals surface area contributed by atoms with Crippen molar-refractivity contribution in [1.29, 1.82) is 0 Å². The van der Waals surface area contributed by atoms with E-state index in [0.717, 1.165) is 31.1 Å². The van der Waals surface area contributed by atoms with Gasteiger partial charge in [-0.05, 0) is 17.7 Å². The fourth-order valence-corrected chi connectivity index (χ4v) is 2.75. The number of nitrogens with zero attached hydrogens (tertiary/aromatic N) is 4. The Morgan fingerprint density at radius 3 is 3.08 bits per heavy atom. The van der Waals surface area contributed by atoms with Gasteiger partial charge in [-0.1, -0.05) is 23.4 Å². The van der Waals surface area contributed by atoms with Crippen LogP contribution in [0.4, 0.5) is 17.5 Å². The van der Waals surface area contributed by atoms with E-state index in [-0.39, 0.29) is 11.9 Å². The van der Waals surface area contributed by atoms with E-state index in [9.17, 15) is 4.79 Å². The predicted molar refractivity (Wildman–Crippen MR) is 91.6 cm³/mol. The SMILES string of the molecule is O=C(Nc1nccc(N2CCNCc3ccccc32)n1)c1cnoc1. The molecule has 126 valence electrons. The third-order valence-corrected chi connectivity index (χ3v) is 3.95. The predicted octanol–water partition coefficient (Wildman–Crippen LogP) is 1.96. The number of carbonyl (C=O) groups excluding carboxylic acids is 1. The second-order valence-corrected chi connectivity index (χ2v) is 5.56. The van der Waals surface area contributed by atoms with Crippen molar-refractivity contribution < 1.29 is 9.32 Å². The summed E-state index contributed by atoms with van der Waals surface area (Å²) in [6, 6.07) is 10.0. The van der Waals surface area contributed by atoms with E-state index < -0.39 is 0 Å². The number of nitrogens with one attached hydrogen (secondary N) is 2. The smallest absolute Gasteiger partial charge is 0.262 e. The van der Waals surface area contributed by atoms with Crippen molar-refractivity contribution in [2.24, 2.45) is 0 Å². The second-order valence-electron chi connectivity index (χ2n) is 5.56. The maximum atomic E-state index is 12.1. The number of para-hydroxylation sites is 1. The first-order chi connectivity index (χ1) is 12.3. The Hall–Kier alpha value is -3.26. The number of hydrogen-bond acceptors (Lipinski definition) is 7. The van der Waals surface area contributed by atoms with Gasteiger partial charge in [0.1, 0.15) is 12.1 Å². The minimum atomic E-state index is -0.365. The van der Waals surface area contributed by atoms with Gasteiger partial charge in [-0.2, -0.15) is 4.98 Å². The standard InChI is InChI=1S/C17H16N6O2/c24-16(13-10-20-25-11-13)22-17-19-6-5-15(21-17)23-8-7-18-9-12-3-1-2-4-14(12)23/h1-6,10-11,18H,7-9H2,(H,19,21,22,24). The molecule has 0 fully saturated rings. The Morgan fingerprint density at radius 2 is 2.20 bits per heavy atom. The molecule has 0 aliphatic carbocycles. The zero-order valence-corrected chi connectivity index (χ0v) is 13.3. The fraction of sp³-hybridized carbons (Fsp3) is 0.176. The summed E-state index contributed by atoms with van der Waals surface area (Å²) in [7, 11) is 0. The summed E-state index contributed by atoms with van der Waals surface area (Å²) >= 11 is 0. The highest BCUT2D eigenvalue weighted by atomic mass is 16.5. The minimum absolute atomic E-state index is 0.235. The van der Waals surface area contributed by atoms with Gasteiger partial charge in [-0.15, -0.1) is 0 Å². The quantitative estimate of drug-likeness (QED) is 0.754. The summed E-state index contributed by atoms with van der Waals surface area (Å²) in [5.74, 6) is 0.599. The molecule has 2 N–H and O–H groups in total. The van der Waals surface area contributed by atoms with E-state index in [2.05, 4.69) is 47.3 Å². The first-order valence-electron chi connectivity index (χ1n) is 7.91. The monoisotopic (exact) mass is 336 g/mol. The van der Waals surface area contributed by atoms with Crippen LogP contribution in [0.5, 0.6) is 0 Å². The molecule has 1 aliphatic rings. The lowest BCUT2D eigenvalue weighted by atomic mass is 10.1. The lowest BCUT2D eigenvalue weighted by Gasteiger charge is -2.23. The number of hydrogen-bond donors (Lipinski definition) is 2. The summed E-state index contributed by atoms with van der Waals surface area (Å²) in [4.78, 5) is 22.8. The summed E-state index contributed by atoms with van der Waals surface area (Å²) in [5, 5.41) is 9.58. The van der Waals surface area contributed by atoms with Gasteiger partial charge in [0, 0.05) is 31.5 Å². The van der Waals surface area contributed by atoms with E-state index in [1.54, 1.807) is 6.20 Å². The van der Waals surface area contributed by atoms with Crippen LogP contribution in [0.2, 0.25) is 0 Å². The van der Waals surface area contributed by atoms with Crippen LogP contribution >= 0.6 is 0 Å². The molecule has 2 aromatic heterocycles. The molecule has 3 heterocycles. The molecular formula is C17H16N6O2. The van der Waals surface area contributed by atoms with Crippen LogP contribution in [-0.4, -0.2) is 34.1 Å². The number of carbonyl (C=O) groups is 1. The van der Waals surface area contributed by atoms with Gasteiger partial charge < -0.3 is 14.7 Å². The third-order valence-electron chi connectivity index (χ3n) is 3.95. The van der Waals surface area contributed by atoms with Gasteiger partial charge in [-0.25, -0.2) is 4.98 Å². The molecule has 1 aliphatic heterocycles. The van der Waals surface area contributed by atoms with Crippen LogP contribution in [0.25, 0.3) is 0 Å². The topological polar surface area (TPSA) is 96.2 Å². The average molecular weight is 336 g/mol. The zero-order chi connectivity index (χ0) is 17.1. The van der Waals surface area contributed by atoms with Crippen LogP contribution in [0.1, 0.15) is 15.9 Å². The van der Waals surface area contributed by atoms with E-state index in [1.807, 2.05) is 18.2 Å². The number of rotatable bonds is 3. The second kappa shape index (κ2) is 6.70. The highest BCUT2D eigenvalue weighted by Crippen LogP contribution is 2.28. The summed E-state index contributed by atoms with van der Waals surface area (Å²) in [5.41, 5.74) is 2.62. The van der Waals surface area contributed by atoms with Crippen LogP contribution in [0.3, 0.4) is 0 Å². The average Bonchev–Trinajstić information content (AvgIpc) is 3.09. The normalized spacial score (nSPS) is 13.8. The first-order valence-corrected chi connectivity index (χ1v) is 7.91. The minimum Gasteiger partial charge on any atom is -0.364 e. The molecule has 0 radical (unpaired) electrons. The third kappa shape index (κ3) is 3.20. The van der Waals surface area contributed by atoms with Crippen molar-refractivity contribution in [3.05, 3.63) is 60.1 Å². The molecule has 0 saturated carbocycles. The van der Waals surface area contributed by atoms with Crippen molar-refractivity contribution >= 4 is 23.4 Å². The first kappa shape index (κ1) is 15.3. The number of benzene rings is 1. The summed E-state index contributed by atoms with van der Waals surface area (Å²) in [6.45, 7) is 2.42. The van der Waals surface area contributed by atoms with E-state index in [4.69, 9.17) is 0 Å². The van der Waals surface area contributed by atoms with Crippen molar-refractivity contribution in [3.8, 4) is 0 Å². The zero-order valence-electron chi connectivity index (χ0n) is 13.3. The molecule has 0 saturated heterocycles. The van der Waals surface area contributed by atoms with Gasteiger partial charge >= 0.3 is 0 Å². The molecule has 25 heavy (non-hydrogen) atoms. The molecule has 1 aromatic carbocycles. The molecular weight excluding hydrogens is 320 g/mol. The molecule has 1 amide bonds. The maximum Gasteiger partial charge on any atom is 0.262 e. The Kier molecular flexibility index (Phi) is 4.09. The molecule has 8 nitrogen and oxygen atoms in total. The molecule has 0 atom stereocenters. The number of amides is 1. The van der Waals surface area contributed by atoms with Gasteiger partial charge in [0.2, 0.25) is 5.95 Å². The molecule has 4 rings (SSSR count). The molecule has 0 unspecified atom stereocenters. The highest BCUT2D eigenvalue weighted by molar-refractivity contribution is 6.02. The van der Waals surface area contributed by atoms with Crippen molar-refractivity contribution in [1.82, 2.24) is 20.4 Å². The van der Waals surface area contributed by atoms with Crippen LogP contribution in [0.15, 0.2) is 53.5 Å². The largest absolute Gasteiger partial charge is 0.364 e. The molecule has 0 spiro atoms. The number of anilines is 3. The lowest BCUT2D eigenvalue weighted by molar-refractivity contribution is 0.102. The van der Waals surface area contributed by atoms with Crippen molar-refractivity contribution in [3.63, 3.8) is 0 Å². The molecule has 3 aromatic rings. The van der Waals surface area contributed by atoms with Crippen LogP contribution < -0.4 is 15.5 Å². The van der Waals surface area contributed by atoms with Gasteiger partial charge in [0.15, 0.2) is 0 Å². The Balaban J connectivity index is 1.62. The fourth-order valence-electron chi connectivity index (χ4n) is 2.75. The molecule has 0 bridgehead atoms. The number of fused-ring (bicyclic) bond motifs is 1. The lowest BCUT2D eigenvalue weighted by Crippen LogP contribution is -2.25. The van der Waals surface area contributed by atoms with Gasteiger partial charge in [-0.3, -0.25) is 10.1 Å². The van der Waals surface area contributed by atoms with Gasteiger partial charge in [0.05, 0.1) is 11.8 Å². The van der Waals surface area contributed by atoms with Gasteiger partial charge in [0.25, 0.3) is 5.91 Å². The summed E-state index contributed by atoms with van der Waals surface area (Å²) in [6.07, 6.45) is 4.25. The Bertz CT molecular complexity index is 880. The molecule has 8 heteroatoms. The van der Waals surface area contributed by atoms with Crippen LogP contribution in [-0.2, 0) is 6.54 Å². The van der Waals surface area contributed by atoms with Crippen LogP contribution in [0, 0.1) is 0 Å². The number of aromatic nitrogens is 3. The Morgan fingerprint density at radius 1 is 1.28 bits per heavy atom. The summed E-state index contributed by atoms with van der Waals surface area (Å²) < 4.78 is 4.68.